The number of carbonyl (C=O) groups excluding carboxylic acids is 1. The van der Waals surface area contributed by atoms with Gasteiger partial charge in [0.15, 0.2) is 0 Å². The molecule has 1 aliphatic rings. The van der Waals surface area contributed by atoms with Gasteiger partial charge in [-0.05, 0) is 48.2 Å². The highest BCUT2D eigenvalue weighted by Gasteiger charge is 2.32. The predicted octanol–water partition coefficient (Wildman–Crippen LogP) is 3.87. The summed E-state index contributed by atoms with van der Waals surface area (Å²) in [6.45, 7) is 3.24. The van der Waals surface area contributed by atoms with E-state index >= 15 is 0 Å². The van der Waals surface area contributed by atoms with Crippen LogP contribution in [0.15, 0.2) is 71.6 Å². The number of aryl methyl sites for hydroxylation is 1. The van der Waals surface area contributed by atoms with Gasteiger partial charge >= 0.3 is 0 Å². The van der Waals surface area contributed by atoms with Crippen LogP contribution in [0.4, 0.5) is 0 Å². The number of sulfonamides is 1. The van der Waals surface area contributed by atoms with Gasteiger partial charge in [-0.2, -0.15) is 4.31 Å². The second-order valence-corrected chi connectivity index (χ2v) is 9.83. The first kappa shape index (κ1) is 20.6. The Morgan fingerprint density at radius 2 is 1.63 bits per heavy atom. The maximum Gasteiger partial charge on any atom is 0.243 e. The lowest BCUT2D eigenvalue weighted by Gasteiger charge is -2.30. The Morgan fingerprint density at radius 1 is 0.967 bits per heavy atom. The molecule has 0 radical (unpaired) electrons. The molecule has 1 heterocycles. The minimum Gasteiger partial charge on any atom is -0.352 e. The fourth-order valence-electron chi connectivity index (χ4n) is 3.87. The number of benzene rings is 3. The molecular weight excluding hydrogens is 396 g/mol. The van der Waals surface area contributed by atoms with E-state index in [1.807, 2.05) is 61.5 Å². The van der Waals surface area contributed by atoms with Crippen LogP contribution in [0.25, 0.3) is 10.8 Å². The third-order valence-electron chi connectivity index (χ3n) is 5.77. The number of hydrogen-bond acceptors (Lipinski definition) is 3. The van der Waals surface area contributed by atoms with E-state index in [4.69, 9.17) is 0 Å². The molecule has 3 aromatic carbocycles. The lowest BCUT2D eigenvalue weighted by atomic mass is 9.97. The highest BCUT2D eigenvalue weighted by molar-refractivity contribution is 7.89. The summed E-state index contributed by atoms with van der Waals surface area (Å²) in [5.74, 6) is -0.156. The summed E-state index contributed by atoms with van der Waals surface area (Å²) in [6, 6.07) is 21.0. The first-order chi connectivity index (χ1) is 14.4. The molecular formula is C24H26N2O3S. The highest BCUT2D eigenvalue weighted by Crippen LogP contribution is 2.26. The highest BCUT2D eigenvalue weighted by atomic mass is 32.2. The molecule has 1 aliphatic heterocycles. The van der Waals surface area contributed by atoms with Gasteiger partial charge < -0.3 is 5.32 Å². The predicted molar refractivity (Wildman–Crippen MR) is 118 cm³/mol. The fraction of sp³-hybridized carbons (Fsp3) is 0.292. The number of nitrogens with zero attached hydrogens (tertiary/aromatic N) is 1. The van der Waals surface area contributed by atoms with Crippen molar-refractivity contribution >= 4 is 26.7 Å². The molecule has 0 atom stereocenters. The second-order valence-electron chi connectivity index (χ2n) is 7.89. The summed E-state index contributed by atoms with van der Waals surface area (Å²) in [5, 5.41) is 4.91. The number of nitrogens with one attached hydrogen (secondary N) is 1. The number of rotatable bonds is 5. The largest absolute Gasteiger partial charge is 0.352 e. The standard InChI is InChI=1S/C24H26N2O3S/c1-18-6-8-19(9-7-18)17-25-24(27)21-12-14-26(15-13-21)30(28,29)23-11-10-20-4-2-3-5-22(20)16-23/h2-11,16,21H,12-15,17H2,1H3,(H,25,27). The van der Waals surface area contributed by atoms with Crippen molar-refractivity contribution in [1.82, 2.24) is 9.62 Å². The molecule has 1 fully saturated rings. The van der Waals surface area contributed by atoms with E-state index < -0.39 is 10.0 Å². The van der Waals surface area contributed by atoms with Gasteiger partial charge in [0.1, 0.15) is 0 Å². The van der Waals surface area contributed by atoms with Crippen molar-refractivity contribution in [3.8, 4) is 0 Å². The molecule has 1 saturated heterocycles. The molecule has 1 N–H and O–H groups in total. The van der Waals surface area contributed by atoms with Crippen molar-refractivity contribution in [2.45, 2.75) is 31.2 Å². The molecule has 0 unspecified atom stereocenters. The van der Waals surface area contributed by atoms with Crippen LogP contribution in [-0.2, 0) is 21.4 Å². The van der Waals surface area contributed by atoms with E-state index in [1.54, 1.807) is 12.1 Å². The number of hydrogen-bond donors (Lipinski definition) is 1. The smallest absolute Gasteiger partial charge is 0.243 e. The zero-order valence-electron chi connectivity index (χ0n) is 17.0. The van der Waals surface area contributed by atoms with E-state index in [2.05, 4.69) is 5.32 Å². The van der Waals surface area contributed by atoms with E-state index in [1.165, 1.54) is 9.87 Å². The Morgan fingerprint density at radius 3 is 2.33 bits per heavy atom. The topological polar surface area (TPSA) is 66.5 Å². The fourth-order valence-corrected chi connectivity index (χ4v) is 5.38. The van der Waals surface area contributed by atoms with Crippen LogP contribution >= 0.6 is 0 Å². The molecule has 6 heteroatoms. The molecule has 0 spiro atoms. The average Bonchev–Trinajstić information content (AvgIpc) is 2.78. The Hall–Kier alpha value is -2.70. The third kappa shape index (κ3) is 4.40. The maximum absolute atomic E-state index is 13.1. The van der Waals surface area contributed by atoms with Gasteiger partial charge in [0.2, 0.25) is 15.9 Å². The lowest BCUT2D eigenvalue weighted by molar-refractivity contribution is -0.126. The van der Waals surface area contributed by atoms with Crippen LogP contribution in [0.2, 0.25) is 0 Å². The Balaban J connectivity index is 1.36. The van der Waals surface area contributed by atoms with Crippen LogP contribution in [0.5, 0.6) is 0 Å². The molecule has 0 saturated carbocycles. The van der Waals surface area contributed by atoms with E-state index in [-0.39, 0.29) is 11.8 Å². The number of piperidine rings is 1. The molecule has 0 aromatic heterocycles. The Kier molecular flexibility index (Phi) is 5.88. The second kappa shape index (κ2) is 8.58. The average molecular weight is 423 g/mol. The summed E-state index contributed by atoms with van der Waals surface area (Å²) in [6.07, 6.45) is 1.07. The van der Waals surface area contributed by atoms with Gasteiger partial charge in [-0.1, -0.05) is 60.2 Å². The van der Waals surface area contributed by atoms with E-state index in [9.17, 15) is 13.2 Å². The molecule has 3 aromatic rings. The van der Waals surface area contributed by atoms with Crippen molar-refractivity contribution in [2.24, 2.45) is 5.92 Å². The van der Waals surface area contributed by atoms with E-state index in [0.717, 1.165) is 16.3 Å². The monoisotopic (exact) mass is 422 g/mol. The van der Waals surface area contributed by atoms with Gasteiger partial charge in [-0.15, -0.1) is 0 Å². The van der Waals surface area contributed by atoms with Crippen LogP contribution < -0.4 is 5.32 Å². The lowest BCUT2D eigenvalue weighted by Crippen LogP contribution is -2.42. The van der Waals surface area contributed by atoms with E-state index in [0.29, 0.717) is 37.4 Å². The van der Waals surface area contributed by atoms with Gasteiger partial charge in [-0.25, -0.2) is 8.42 Å². The third-order valence-corrected chi connectivity index (χ3v) is 7.67. The first-order valence-corrected chi connectivity index (χ1v) is 11.7. The molecule has 0 bridgehead atoms. The minimum atomic E-state index is -3.56. The molecule has 1 amide bonds. The number of amides is 1. The molecule has 5 nitrogen and oxygen atoms in total. The molecule has 4 rings (SSSR count). The van der Waals surface area contributed by atoms with Crippen LogP contribution in [0, 0.1) is 12.8 Å². The summed E-state index contributed by atoms with van der Waals surface area (Å²) in [4.78, 5) is 12.8. The normalized spacial score (nSPS) is 15.9. The zero-order valence-corrected chi connectivity index (χ0v) is 17.9. The van der Waals surface area contributed by atoms with Crippen molar-refractivity contribution in [3.05, 3.63) is 77.9 Å². The van der Waals surface area contributed by atoms with Crippen molar-refractivity contribution in [3.63, 3.8) is 0 Å². The first-order valence-electron chi connectivity index (χ1n) is 10.3. The Bertz CT molecular complexity index is 1150. The van der Waals surface area contributed by atoms with Gasteiger partial charge in [0, 0.05) is 25.6 Å². The Labute approximate surface area is 177 Å². The van der Waals surface area contributed by atoms with Crippen LogP contribution in [0.1, 0.15) is 24.0 Å². The SMILES string of the molecule is Cc1ccc(CNC(=O)C2CCN(S(=O)(=O)c3ccc4ccccc4c3)CC2)cc1. The van der Waals surface area contributed by atoms with Gasteiger partial charge in [-0.3, -0.25) is 4.79 Å². The van der Waals surface area contributed by atoms with Crippen molar-refractivity contribution in [2.75, 3.05) is 13.1 Å². The van der Waals surface area contributed by atoms with Crippen molar-refractivity contribution in [1.29, 1.82) is 0 Å². The maximum atomic E-state index is 13.1. The summed E-state index contributed by atoms with van der Waals surface area (Å²) in [5.41, 5.74) is 2.25. The summed E-state index contributed by atoms with van der Waals surface area (Å²) in [7, 11) is -3.56. The van der Waals surface area contributed by atoms with Crippen molar-refractivity contribution < 1.29 is 13.2 Å². The van der Waals surface area contributed by atoms with Crippen LogP contribution in [0.3, 0.4) is 0 Å². The van der Waals surface area contributed by atoms with Gasteiger partial charge in [0.25, 0.3) is 0 Å². The number of fused-ring (bicyclic) bond motifs is 1. The summed E-state index contributed by atoms with van der Waals surface area (Å²) < 4.78 is 27.6. The zero-order chi connectivity index (χ0) is 21.1. The summed E-state index contributed by atoms with van der Waals surface area (Å²) >= 11 is 0. The quantitative estimate of drug-likeness (QED) is 0.679. The molecule has 0 aliphatic carbocycles. The van der Waals surface area contributed by atoms with Crippen LogP contribution in [-0.4, -0.2) is 31.7 Å². The molecule has 156 valence electrons. The minimum absolute atomic E-state index is 0.00155. The molecule has 30 heavy (non-hydrogen) atoms. The number of carbonyl (C=O) groups is 1. The van der Waals surface area contributed by atoms with Gasteiger partial charge in [0.05, 0.1) is 4.90 Å².